The summed E-state index contributed by atoms with van der Waals surface area (Å²) in [5.41, 5.74) is 6.21. The first-order chi connectivity index (χ1) is 8.97. The van der Waals surface area contributed by atoms with E-state index in [4.69, 9.17) is 10.5 Å². The Morgan fingerprint density at radius 2 is 2.26 bits per heavy atom. The molecule has 0 spiro atoms. The van der Waals surface area contributed by atoms with Gasteiger partial charge in [0.15, 0.2) is 0 Å². The van der Waals surface area contributed by atoms with Crippen LogP contribution in [0.3, 0.4) is 0 Å². The van der Waals surface area contributed by atoms with E-state index in [0.717, 1.165) is 4.47 Å². The van der Waals surface area contributed by atoms with Crippen molar-refractivity contribution in [2.45, 2.75) is 17.1 Å². The Hall–Kier alpha value is -0.920. The van der Waals surface area contributed by atoms with Gasteiger partial charge in [-0.25, -0.2) is 0 Å². The van der Waals surface area contributed by atoms with E-state index in [1.54, 1.807) is 32.2 Å². The van der Waals surface area contributed by atoms with Crippen LogP contribution in [0, 0.1) is 0 Å². The quantitative estimate of drug-likeness (QED) is 0.599. The van der Waals surface area contributed by atoms with E-state index in [9.17, 15) is 9.00 Å². The largest absolute Gasteiger partial charge is 0.398 e. The molecule has 0 saturated heterocycles. The van der Waals surface area contributed by atoms with E-state index in [-0.39, 0.29) is 5.91 Å². The van der Waals surface area contributed by atoms with Gasteiger partial charge in [0.05, 0.1) is 22.3 Å². The maximum atomic E-state index is 12.3. The molecule has 5 nitrogen and oxygen atoms in total. The minimum absolute atomic E-state index is 0.280. The number of carbonyl (C=O) groups is 1. The van der Waals surface area contributed by atoms with Crippen LogP contribution in [0.5, 0.6) is 0 Å². The maximum absolute atomic E-state index is 12.3. The van der Waals surface area contributed by atoms with Crippen LogP contribution in [-0.4, -0.2) is 35.6 Å². The molecule has 1 amide bonds. The molecule has 0 radical (unpaired) electrons. The van der Waals surface area contributed by atoms with Crippen LogP contribution in [0.4, 0.5) is 5.69 Å². The summed E-state index contributed by atoms with van der Waals surface area (Å²) in [5.74, 6) is -0.280. The van der Waals surface area contributed by atoms with Crippen molar-refractivity contribution in [1.82, 2.24) is 5.32 Å². The highest BCUT2D eigenvalue weighted by Crippen LogP contribution is 2.23. The first-order valence-corrected chi connectivity index (χ1v) is 7.70. The van der Waals surface area contributed by atoms with Gasteiger partial charge in [-0.3, -0.25) is 9.00 Å². The lowest BCUT2D eigenvalue weighted by molar-refractivity contribution is -0.120. The molecule has 3 N–H and O–H groups in total. The van der Waals surface area contributed by atoms with E-state index < -0.39 is 16.0 Å². The van der Waals surface area contributed by atoms with Gasteiger partial charge in [-0.2, -0.15) is 0 Å². The molecule has 0 aromatic heterocycles. The summed E-state index contributed by atoms with van der Waals surface area (Å²) < 4.78 is 17.9. The molecule has 0 fully saturated rings. The van der Waals surface area contributed by atoms with Gasteiger partial charge in [0.2, 0.25) is 5.91 Å². The Bertz CT molecular complexity index is 482. The number of nitrogen functional groups attached to an aromatic ring is 1. The molecule has 1 aromatic rings. The molecule has 106 valence electrons. The van der Waals surface area contributed by atoms with Gasteiger partial charge < -0.3 is 15.8 Å². The molecule has 7 heteroatoms. The zero-order valence-electron chi connectivity index (χ0n) is 10.8. The molecule has 2 unspecified atom stereocenters. The second-order valence-corrected chi connectivity index (χ2v) is 6.56. The van der Waals surface area contributed by atoms with Crippen molar-refractivity contribution in [3.05, 3.63) is 22.7 Å². The van der Waals surface area contributed by atoms with E-state index in [0.29, 0.717) is 23.7 Å². The summed E-state index contributed by atoms with van der Waals surface area (Å²) in [7, 11) is 0.0696. The molecule has 2 atom stereocenters. The molecule has 1 rings (SSSR count). The summed E-state index contributed by atoms with van der Waals surface area (Å²) in [6.07, 6.45) is 0. The number of carbonyl (C=O) groups excluding carboxylic acids is 1. The van der Waals surface area contributed by atoms with Crippen LogP contribution in [-0.2, 0) is 20.3 Å². The lowest BCUT2D eigenvalue weighted by atomic mass is 10.3. The van der Waals surface area contributed by atoms with E-state index in [2.05, 4.69) is 21.2 Å². The third-order valence-corrected chi connectivity index (χ3v) is 4.64. The number of halogens is 1. The average Bonchev–Trinajstić information content (AvgIpc) is 2.37. The van der Waals surface area contributed by atoms with Crippen molar-refractivity contribution in [3.8, 4) is 0 Å². The van der Waals surface area contributed by atoms with Crippen molar-refractivity contribution >= 4 is 38.3 Å². The summed E-state index contributed by atoms with van der Waals surface area (Å²) in [6, 6.07) is 5.08. The first kappa shape index (κ1) is 16.1. The topological polar surface area (TPSA) is 81.4 Å². The monoisotopic (exact) mass is 348 g/mol. The van der Waals surface area contributed by atoms with Gasteiger partial charge in [0, 0.05) is 23.8 Å². The molecular formula is C12H17BrN2O3S. The lowest BCUT2D eigenvalue weighted by Crippen LogP contribution is -2.37. The summed E-state index contributed by atoms with van der Waals surface area (Å²) in [6.45, 7) is 2.43. The van der Waals surface area contributed by atoms with Crippen molar-refractivity contribution < 1.29 is 13.7 Å². The smallest absolute Gasteiger partial charge is 0.235 e. The Balaban J connectivity index is 2.73. The fourth-order valence-electron chi connectivity index (χ4n) is 1.41. The normalized spacial score (nSPS) is 13.8. The van der Waals surface area contributed by atoms with E-state index in [1.165, 1.54) is 0 Å². The number of ether oxygens (including phenoxy) is 1. The zero-order valence-corrected chi connectivity index (χ0v) is 13.2. The number of amides is 1. The predicted octanol–water partition coefficient (Wildman–Crippen LogP) is 1.29. The number of hydrogen-bond acceptors (Lipinski definition) is 4. The Kier molecular flexibility index (Phi) is 6.47. The summed E-state index contributed by atoms with van der Waals surface area (Å²) in [4.78, 5) is 12.3. The average molecular weight is 349 g/mol. The number of benzene rings is 1. The maximum Gasteiger partial charge on any atom is 0.235 e. The number of rotatable bonds is 6. The number of anilines is 1. The van der Waals surface area contributed by atoms with Crippen LogP contribution < -0.4 is 11.1 Å². The van der Waals surface area contributed by atoms with Gasteiger partial charge in [-0.15, -0.1) is 0 Å². The van der Waals surface area contributed by atoms with Gasteiger partial charge in [-0.1, -0.05) is 15.9 Å². The highest BCUT2D eigenvalue weighted by atomic mass is 79.9. The second kappa shape index (κ2) is 7.62. The van der Waals surface area contributed by atoms with Gasteiger partial charge in [0.25, 0.3) is 0 Å². The third-order valence-electron chi connectivity index (χ3n) is 2.48. The number of methoxy groups -OCH3 is 1. The first-order valence-electron chi connectivity index (χ1n) is 5.69. The van der Waals surface area contributed by atoms with E-state index >= 15 is 0 Å². The summed E-state index contributed by atoms with van der Waals surface area (Å²) in [5, 5.41) is 1.99. The molecule has 0 aliphatic rings. The van der Waals surface area contributed by atoms with Crippen molar-refractivity contribution in [2.75, 3.05) is 26.0 Å². The molecule has 0 bridgehead atoms. The Morgan fingerprint density at radius 1 is 1.58 bits per heavy atom. The number of hydrogen-bond donors (Lipinski definition) is 2. The van der Waals surface area contributed by atoms with E-state index in [1.807, 2.05) is 0 Å². The van der Waals surface area contributed by atoms with Crippen LogP contribution in [0.15, 0.2) is 27.6 Å². The molecule has 0 heterocycles. The van der Waals surface area contributed by atoms with Gasteiger partial charge in [0.1, 0.15) is 5.25 Å². The molecule has 0 saturated carbocycles. The highest BCUT2D eigenvalue weighted by molar-refractivity contribution is 9.10. The van der Waals surface area contributed by atoms with Crippen molar-refractivity contribution in [3.63, 3.8) is 0 Å². The Morgan fingerprint density at radius 3 is 2.84 bits per heavy atom. The fourth-order valence-corrected chi connectivity index (χ4v) is 2.94. The Labute approximate surface area is 123 Å². The summed E-state index contributed by atoms with van der Waals surface area (Å²) >= 11 is 3.28. The standard InChI is InChI=1S/C12H17BrN2O3S/c1-8(12(16)15-5-6-18-2)19(17)11-4-3-9(13)7-10(11)14/h3-4,7-8H,5-6,14H2,1-2H3,(H,15,16). The molecule has 1 aromatic carbocycles. The third kappa shape index (κ3) is 4.59. The second-order valence-electron chi connectivity index (χ2n) is 3.91. The minimum Gasteiger partial charge on any atom is -0.398 e. The molecular weight excluding hydrogens is 332 g/mol. The van der Waals surface area contributed by atoms with Crippen molar-refractivity contribution in [2.24, 2.45) is 0 Å². The predicted molar refractivity (Wildman–Crippen MR) is 79.3 cm³/mol. The van der Waals surface area contributed by atoms with Gasteiger partial charge in [-0.05, 0) is 25.1 Å². The lowest BCUT2D eigenvalue weighted by Gasteiger charge is -2.13. The minimum atomic E-state index is -1.48. The SMILES string of the molecule is COCCNC(=O)C(C)S(=O)c1ccc(Br)cc1N. The zero-order chi connectivity index (χ0) is 14.4. The van der Waals surface area contributed by atoms with Crippen molar-refractivity contribution in [1.29, 1.82) is 0 Å². The van der Waals surface area contributed by atoms with Crippen LogP contribution in [0.25, 0.3) is 0 Å². The van der Waals surface area contributed by atoms with Crippen LogP contribution >= 0.6 is 15.9 Å². The highest BCUT2D eigenvalue weighted by Gasteiger charge is 2.22. The molecule has 0 aliphatic carbocycles. The fraction of sp³-hybridized carbons (Fsp3) is 0.417. The van der Waals surface area contributed by atoms with Crippen LogP contribution in [0.1, 0.15) is 6.92 Å². The molecule has 0 aliphatic heterocycles. The molecule has 19 heavy (non-hydrogen) atoms. The van der Waals surface area contributed by atoms with Gasteiger partial charge >= 0.3 is 0 Å². The number of nitrogens with one attached hydrogen (secondary N) is 1. The number of nitrogens with two attached hydrogens (primary N) is 1. The van der Waals surface area contributed by atoms with Crippen LogP contribution in [0.2, 0.25) is 0 Å².